The summed E-state index contributed by atoms with van der Waals surface area (Å²) < 4.78 is 51.5. The van der Waals surface area contributed by atoms with Gasteiger partial charge in [0.1, 0.15) is 0 Å². The van der Waals surface area contributed by atoms with E-state index in [-0.39, 0.29) is 22.2 Å². The standard InChI is InChI=1S/C30H35N3O5S2/c1-32(30(34)19-12-24-10-15-28(16-11-24)39(2,35)36)27-13-17-29(18-14-27)40(37,38)31-22-25-6-8-26(9-7-25)23-33-20-4-3-5-21-33/h6-19,31H,3-5,20-23H2,1-2H3. The summed E-state index contributed by atoms with van der Waals surface area (Å²) >= 11 is 0. The van der Waals surface area contributed by atoms with Crippen molar-refractivity contribution in [3.05, 3.63) is 95.6 Å². The molecule has 8 nitrogen and oxygen atoms in total. The third-order valence-electron chi connectivity index (χ3n) is 6.94. The monoisotopic (exact) mass is 581 g/mol. The van der Waals surface area contributed by atoms with Crippen molar-refractivity contribution in [2.24, 2.45) is 0 Å². The minimum atomic E-state index is -3.73. The van der Waals surface area contributed by atoms with Crippen molar-refractivity contribution in [2.45, 2.75) is 42.1 Å². The van der Waals surface area contributed by atoms with Gasteiger partial charge in [-0.3, -0.25) is 9.69 Å². The molecule has 4 rings (SSSR count). The Balaban J connectivity index is 1.31. The van der Waals surface area contributed by atoms with Gasteiger partial charge in [-0.1, -0.05) is 42.8 Å². The maximum absolute atomic E-state index is 12.8. The molecule has 1 saturated heterocycles. The van der Waals surface area contributed by atoms with Crippen molar-refractivity contribution in [1.82, 2.24) is 9.62 Å². The highest BCUT2D eigenvalue weighted by atomic mass is 32.2. The molecule has 1 aliphatic rings. The Hall–Kier alpha value is -3.31. The maximum atomic E-state index is 12.8. The predicted molar refractivity (Wildman–Crippen MR) is 158 cm³/mol. The van der Waals surface area contributed by atoms with Gasteiger partial charge in [-0.05, 0) is 85.1 Å². The minimum absolute atomic E-state index is 0.111. The lowest BCUT2D eigenvalue weighted by Gasteiger charge is -2.26. The van der Waals surface area contributed by atoms with Crippen LogP contribution in [0.1, 0.15) is 36.0 Å². The van der Waals surface area contributed by atoms with Crippen molar-refractivity contribution in [3.8, 4) is 0 Å². The second-order valence-corrected chi connectivity index (χ2v) is 13.8. The van der Waals surface area contributed by atoms with Crippen molar-refractivity contribution in [1.29, 1.82) is 0 Å². The molecular formula is C30H35N3O5S2. The quantitative estimate of drug-likeness (QED) is 0.360. The molecule has 0 radical (unpaired) electrons. The second-order valence-electron chi connectivity index (χ2n) is 10.0. The molecular weight excluding hydrogens is 546 g/mol. The van der Waals surface area contributed by atoms with E-state index in [1.54, 1.807) is 37.4 Å². The molecule has 0 aliphatic carbocycles. The zero-order valence-corrected chi connectivity index (χ0v) is 24.4. The maximum Gasteiger partial charge on any atom is 0.250 e. The van der Waals surface area contributed by atoms with Gasteiger partial charge in [0.15, 0.2) is 9.84 Å². The summed E-state index contributed by atoms with van der Waals surface area (Å²) in [6, 6.07) is 20.3. The van der Waals surface area contributed by atoms with Crippen LogP contribution in [0.15, 0.2) is 88.7 Å². The Morgan fingerprint density at radius 2 is 1.40 bits per heavy atom. The zero-order valence-electron chi connectivity index (χ0n) is 22.8. The minimum Gasteiger partial charge on any atom is -0.312 e. The first-order chi connectivity index (χ1) is 19.0. The number of rotatable bonds is 10. The number of likely N-dealkylation sites (N-methyl/N-ethyl adjacent to an activating group) is 1. The van der Waals surface area contributed by atoms with Crippen LogP contribution in [0.3, 0.4) is 0 Å². The van der Waals surface area contributed by atoms with Crippen LogP contribution < -0.4 is 9.62 Å². The fourth-order valence-electron chi connectivity index (χ4n) is 4.48. The Morgan fingerprint density at radius 1 is 0.825 bits per heavy atom. The van der Waals surface area contributed by atoms with E-state index >= 15 is 0 Å². The molecule has 0 atom stereocenters. The Labute approximate surface area is 237 Å². The Kier molecular flexibility index (Phi) is 9.57. The normalized spacial score (nSPS) is 14.8. The highest BCUT2D eigenvalue weighted by molar-refractivity contribution is 7.90. The predicted octanol–water partition coefficient (Wildman–Crippen LogP) is 4.23. The van der Waals surface area contributed by atoms with Gasteiger partial charge in [0.05, 0.1) is 9.79 Å². The molecule has 3 aromatic rings. The van der Waals surface area contributed by atoms with Crippen LogP contribution in [0.5, 0.6) is 0 Å². The van der Waals surface area contributed by atoms with Gasteiger partial charge >= 0.3 is 0 Å². The number of anilines is 1. The van der Waals surface area contributed by atoms with Crippen LogP contribution in [0.2, 0.25) is 0 Å². The van der Waals surface area contributed by atoms with E-state index < -0.39 is 19.9 Å². The van der Waals surface area contributed by atoms with E-state index in [1.165, 1.54) is 60.1 Å². The molecule has 40 heavy (non-hydrogen) atoms. The third-order valence-corrected chi connectivity index (χ3v) is 9.48. The number of hydrogen-bond donors (Lipinski definition) is 1. The number of benzene rings is 3. The van der Waals surface area contributed by atoms with Gasteiger partial charge in [0.25, 0.3) is 5.91 Å². The van der Waals surface area contributed by atoms with E-state index in [4.69, 9.17) is 0 Å². The summed E-state index contributed by atoms with van der Waals surface area (Å²) in [7, 11) is -5.43. The topological polar surface area (TPSA) is 104 Å². The molecule has 1 fully saturated rings. The van der Waals surface area contributed by atoms with E-state index in [2.05, 4.69) is 21.8 Å². The summed E-state index contributed by atoms with van der Waals surface area (Å²) in [5.41, 5.74) is 3.32. The lowest BCUT2D eigenvalue weighted by Crippen LogP contribution is -2.29. The summed E-state index contributed by atoms with van der Waals surface area (Å²) in [5, 5.41) is 0. The van der Waals surface area contributed by atoms with Gasteiger partial charge in [-0.25, -0.2) is 21.6 Å². The average molecular weight is 582 g/mol. The highest BCUT2D eigenvalue weighted by Crippen LogP contribution is 2.19. The molecule has 0 aromatic heterocycles. The van der Waals surface area contributed by atoms with Gasteiger partial charge in [-0.2, -0.15) is 0 Å². The van der Waals surface area contributed by atoms with Crippen LogP contribution in [-0.4, -0.2) is 54.0 Å². The smallest absolute Gasteiger partial charge is 0.250 e. The van der Waals surface area contributed by atoms with Gasteiger partial charge < -0.3 is 4.90 Å². The average Bonchev–Trinajstić information content (AvgIpc) is 2.95. The molecule has 1 N–H and O–H groups in total. The summed E-state index contributed by atoms with van der Waals surface area (Å²) in [6.45, 7) is 3.36. The largest absolute Gasteiger partial charge is 0.312 e. The first kappa shape index (κ1) is 29.7. The molecule has 1 aliphatic heterocycles. The fraction of sp³-hybridized carbons (Fsp3) is 0.300. The Bertz CT molecular complexity index is 1540. The van der Waals surface area contributed by atoms with Crippen LogP contribution in [0.25, 0.3) is 6.08 Å². The highest BCUT2D eigenvalue weighted by Gasteiger charge is 2.16. The second kappa shape index (κ2) is 12.9. The first-order valence-electron chi connectivity index (χ1n) is 13.2. The number of hydrogen-bond acceptors (Lipinski definition) is 6. The zero-order chi connectivity index (χ0) is 28.8. The van der Waals surface area contributed by atoms with E-state index in [9.17, 15) is 21.6 Å². The number of amides is 1. The van der Waals surface area contributed by atoms with Gasteiger partial charge in [-0.15, -0.1) is 0 Å². The van der Waals surface area contributed by atoms with E-state index in [0.29, 0.717) is 11.3 Å². The van der Waals surface area contributed by atoms with Crippen LogP contribution >= 0.6 is 0 Å². The Morgan fingerprint density at radius 3 is 2.00 bits per heavy atom. The van der Waals surface area contributed by atoms with Crippen molar-refractivity contribution >= 4 is 37.5 Å². The van der Waals surface area contributed by atoms with E-state index in [1.807, 2.05) is 12.1 Å². The third kappa shape index (κ3) is 8.11. The van der Waals surface area contributed by atoms with Gasteiger partial charge in [0.2, 0.25) is 10.0 Å². The summed E-state index contributed by atoms with van der Waals surface area (Å²) in [5.74, 6) is -0.315. The molecule has 1 amide bonds. The number of carbonyl (C=O) groups excluding carboxylic acids is 1. The summed E-state index contributed by atoms with van der Waals surface area (Å²) in [4.78, 5) is 16.8. The number of nitrogens with one attached hydrogen (secondary N) is 1. The molecule has 1 heterocycles. The molecule has 0 spiro atoms. The summed E-state index contributed by atoms with van der Waals surface area (Å²) in [6.07, 6.45) is 7.90. The van der Waals surface area contributed by atoms with E-state index in [0.717, 1.165) is 31.5 Å². The number of piperidine rings is 1. The van der Waals surface area contributed by atoms with Crippen molar-refractivity contribution in [2.75, 3.05) is 31.3 Å². The molecule has 0 bridgehead atoms. The lowest BCUT2D eigenvalue weighted by molar-refractivity contribution is -0.113. The van der Waals surface area contributed by atoms with Gasteiger partial charge in [0, 0.05) is 38.2 Å². The van der Waals surface area contributed by atoms with Crippen molar-refractivity contribution < 1.29 is 21.6 Å². The van der Waals surface area contributed by atoms with Crippen LogP contribution in [-0.2, 0) is 37.7 Å². The number of sulfone groups is 1. The van der Waals surface area contributed by atoms with Crippen LogP contribution in [0.4, 0.5) is 5.69 Å². The number of nitrogens with zero attached hydrogens (tertiary/aromatic N) is 2. The first-order valence-corrected chi connectivity index (χ1v) is 16.5. The van der Waals surface area contributed by atoms with Crippen LogP contribution in [0, 0.1) is 0 Å². The number of carbonyl (C=O) groups is 1. The van der Waals surface area contributed by atoms with Crippen molar-refractivity contribution in [3.63, 3.8) is 0 Å². The molecule has 10 heteroatoms. The fourth-order valence-corrected chi connectivity index (χ4v) is 6.13. The SMILES string of the molecule is CN(C(=O)C=Cc1ccc(S(C)(=O)=O)cc1)c1ccc(S(=O)(=O)NCc2ccc(CN3CCCCC3)cc2)cc1. The molecule has 212 valence electrons. The number of likely N-dealkylation sites (tertiary alicyclic amines) is 1. The molecule has 3 aromatic carbocycles. The lowest BCUT2D eigenvalue weighted by atomic mass is 10.1. The molecule has 0 saturated carbocycles. The molecule has 0 unspecified atom stereocenters. The number of sulfonamides is 1.